The van der Waals surface area contributed by atoms with E-state index in [4.69, 9.17) is 0 Å². The number of hydrogen-bond acceptors (Lipinski definition) is 6. The van der Waals surface area contributed by atoms with Crippen LogP contribution in [0.4, 0.5) is 11.6 Å². The highest BCUT2D eigenvalue weighted by Gasteiger charge is 2.23. The Balaban J connectivity index is 1.66. The standard InChI is InChI=1S/C17H22N6O/c1-3-18-15-12-16(21-13(2)20-15)22-8-10-23(11-9-22)17(24)14-6-4-5-7-19-14/h4-7,12H,3,8-11H2,1-2H3,(H,18,20,21). The van der Waals surface area contributed by atoms with Crippen LogP contribution >= 0.6 is 0 Å². The van der Waals surface area contributed by atoms with Crippen LogP contribution in [-0.4, -0.2) is 58.5 Å². The first-order valence-corrected chi connectivity index (χ1v) is 8.22. The van der Waals surface area contributed by atoms with Crippen molar-refractivity contribution < 1.29 is 4.79 Å². The Bertz CT molecular complexity index is 697. The summed E-state index contributed by atoms with van der Waals surface area (Å²) in [6, 6.07) is 7.37. The fourth-order valence-electron chi connectivity index (χ4n) is 2.78. The van der Waals surface area contributed by atoms with E-state index in [9.17, 15) is 4.79 Å². The smallest absolute Gasteiger partial charge is 0.272 e. The molecule has 1 N–H and O–H groups in total. The Labute approximate surface area is 141 Å². The maximum Gasteiger partial charge on any atom is 0.272 e. The minimum atomic E-state index is -0.0116. The minimum absolute atomic E-state index is 0.0116. The molecule has 0 unspecified atom stereocenters. The van der Waals surface area contributed by atoms with Gasteiger partial charge in [0.25, 0.3) is 5.91 Å². The van der Waals surface area contributed by atoms with E-state index in [0.29, 0.717) is 18.8 Å². The summed E-state index contributed by atoms with van der Waals surface area (Å²) in [7, 11) is 0. The van der Waals surface area contributed by atoms with E-state index >= 15 is 0 Å². The molecule has 1 aliphatic heterocycles. The maximum atomic E-state index is 12.4. The van der Waals surface area contributed by atoms with Crippen LogP contribution in [0.2, 0.25) is 0 Å². The number of carbonyl (C=O) groups is 1. The van der Waals surface area contributed by atoms with Crippen molar-refractivity contribution in [3.05, 3.63) is 42.0 Å². The second kappa shape index (κ2) is 7.25. The molecule has 0 saturated carbocycles. The summed E-state index contributed by atoms with van der Waals surface area (Å²) in [5.74, 6) is 2.48. The highest BCUT2D eigenvalue weighted by Crippen LogP contribution is 2.18. The molecule has 7 heteroatoms. The predicted octanol–water partition coefficient (Wildman–Crippen LogP) is 1.57. The van der Waals surface area contributed by atoms with Crippen LogP contribution in [0.5, 0.6) is 0 Å². The number of piperazine rings is 1. The molecule has 3 heterocycles. The van der Waals surface area contributed by atoms with E-state index in [-0.39, 0.29) is 5.91 Å². The lowest BCUT2D eigenvalue weighted by molar-refractivity contribution is 0.0740. The van der Waals surface area contributed by atoms with Gasteiger partial charge in [0, 0.05) is 45.0 Å². The van der Waals surface area contributed by atoms with Crippen LogP contribution in [0.15, 0.2) is 30.5 Å². The molecule has 0 aromatic carbocycles. The molecular formula is C17H22N6O. The van der Waals surface area contributed by atoms with E-state index in [1.165, 1.54) is 0 Å². The van der Waals surface area contributed by atoms with Crippen molar-refractivity contribution in [2.45, 2.75) is 13.8 Å². The van der Waals surface area contributed by atoms with Crippen LogP contribution in [0, 0.1) is 6.92 Å². The van der Waals surface area contributed by atoms with Gasteiger partial charge in [-0.25, -0.2) is 9.97 Å². The number of aryl methyl sites for hydroxylation is 1. The van der Waals surface area contributed by atoms with Crippen molar-refractivity contribution in [3.63, 3.8) is 0 Å². The number of amides is 1. The lowest BCUT2D eigenvalue weighted by Crippen LogP contribution is -2.49. The average Bonchev–Trinajstić information content (AvgIpc) is 2.62. The number of rotatable bonds is 4. The molecule has 1 fully saturated rings. The van der Waals surface area contributed by atoms with Crippen LogP contribution in [0.3, 0.4) is 0 Å². The normalized spacial score (nSPS) is 14.6. The third-order valence-electron chi connectivity index (χ3n) is 3.96. The number of carbonyl (C=O) groups excluding carboxylic acids is 1. The average molecular weight is 326 g/mol. The topological polar surface area (TPSA) is 74.2 Å². The molecule has 0 spiro atoms. The van der Waals surface area contributed by atoms with Gasteiger partial charge >= 0.3 is 0 Å². The lowest BCUT2D eigenvalue weighted by Gasteiger charge is -2.35. The molecule has 2 aromatic rings. The van der Waals surface area contributed by atoms with Crippen molar-refractivity contribution in [1.82, 2.24) is 19.9 Å². The summed E-state index contributed by atoms with van der Waals surface area (Å²) in [6.07, 6.45) is 1.65. The Morgan fingerprint density at radius 1 is 1.21 bits per heavy atom. The number of nitrogens with zero attached hydrogens (tertiary/aromatic N) is 5. The number of hydrogen-bond donors (Lipinski definition) is 1. The molecule has 7 nitrogen and oxygen atoms in total. The van der Waals surface area contributed by atoms with Gasteiger partial charge in [0.15, 0.2) is 0 Å². The van der Waals surface area contributed by atoms with E-state index in [2.05, 4.69) is 25.2 Å². The van der Waals surface area contributed by atoms with Crippen molar-refractivity contribution in [2.75, 3.05) is 42.9 Å². The second-order valence-corrected chi connectivity index (χ2v) is 5.68. The van der Waals surface area contributed by atoms with Crippen molar-refractivity contribution in [1.29, 1.82) is 0 Å². The molecule has 0 aliphatic carbocycles. The van der Waals surface area contributed by atoms with Gasteiger partial charge in [0.2, 0.25) is 0 Å². The molecular weight excluding hydrogens is 304 g/mol. The predicted molar refractivity (Wildman–Crippen MR) is 93.3 cm³/mol. The van der Waals surface area contributed by atoms with Crippen molar-refractivity contribution >= 4 is 17.5 Å². The molecule has 2 aromatic heterocycles. The maximum absolute atomic E-state index is 12.4. The first-order valence-electron chi connectivity index (χ1n) is 8.22. The van der Waals surface area contributed by atoms with Crippen LogP contribution in [0.25, 0.3) is 0 Å². The number of aromatic nitrogens is 3. The largest absolute Gasteiger partial charge is 0.370 e. The summed E-state index contributed by atoms with van der Waals surface area (Å²) in [5, 5.41) is 3.23. The monoisotopic (exact) mass is 326 g/mol. The molecule has 0 radical (unpaired) electrons. The van der Waals surface area contributed by atoms with Gasteiger partial charge in [-0.2, -0.15) is 0 Å². The highest BCUT2D eigenvalue weighted by atomic mass is 16.2. The number of pyridine rings is 1. The van der Waals surface area contributed by atoms with Crippen LogP contribution < -0.4 is 10.2 Å². The van der Waals surface area contributed by atoms with E-state index in [1.807, 2.05) is 36.9 Å². The summed E-state index contributed by atoms with van der Waals surface area (Å²) in [5.41, 5.74) is 0.498. The fourth-order valence-corrected chi connectivity index (χ4v) is 2.78. The van der Waals surface area contributed by atoms with Gasteiger partial charge < -0.3 is 15.1 Å². The molecule has 1 amide bonds. The van der Waals surface area contributed by atoms with Gasteiger partial charge in [-0.05, 0) is 26.0 Å². The third kappa shape index (κ3) is 3.61. The van der Waals surface area contributed by atoms with Crippen molar-refractivity contribution in [3.8, 4) is 0 Å². The van der Waals surface area contributed by atoms with E-state index in [0.717, 1.165) is 37.1 Å². The van der Waals surface area contributed by atoms with Gasteiger partial charge in [-0.3, -0.25) is 9.78 Å². The van der Waals surface area contributed by atoms with Crippen LogP contribution in [-0.2, 0) is 0 Å². The molecule has 3 rings (SSSR count). The molecule has 0 bridgehead atoms. The van der Waals surface area contributed by atoms with E-state index < -0.39 is 0 Å². The van der Waals surface area contributed by atoms with Gasteiger partial charge in [-0.1, -0.05) is 6.07 Å². The van der Waals surface area contributed by atoms with E-state index in [1.54, 1.807) is 12.3 Å². The molecule has 24 heavy (non-hydrogen) atoms. The zero-order valence-electron chi connectivity index (χ0n) is 14.1. The summed E-state index contributed by atoms with van der Waals surface area (Å²) < 4.78 is 0. The molecule has 1 aliphatic rings. The summed E-state index contributed by atoms with van der Waals surface area (Å²) >= 11 is 0. The Kier molecular flexibility index (Phi) is 4.88. The SMILES string of the molecule is CCNc1cc(N2CCN(C(=O)c3ccccn3)CC2)nc(C)n1. The quantitative estimate of drug-likeness (QED) is 0.919. The van der Waals surface area contributed by atoms with Crippen LogP contribution in [0.1, 0.15) is 23.2 Å². The first-order chi connectivity index (χ1) is 11.7. The molecule has 1 saturated heterocycles. The highest BCUT2D eigenvalue weighted by molar-refractivity contribution is 5.92. The Morgan fingerprint density at radius 3 is 2.67 bits per heavy atom. The second-order valence-electron chi connectivity index (χ2n) is 5.68. The zero-order chi connectivity index (χ0) is 16.9. The Morgan fingerprint density at radius 2 is 2.00 bits per heavy atom. The lowest BCUT2D eigenvalue weighted by atomic mass is 10.2. The third-order valence-corrected chi connectivity index (χ3v) is 3.96. The minimum Gasteiger partial charge on any atom is -0.370 e. The summed E-state index contributed by atoms with van der Waals surface area (Å²) in [4.78, 5) is 29.5. The fraction of sp³-hybridized carbons (Fsp3) is 0.412. The zero-order valence-corrected chi connectivity index (χ0v) is 14.1. The molecule has 0 atom stereocenters. The first kappa shape index (κ1) is 16.2. The number of nitrogens with one attached hydrogen (secondary N) is 1. The van der Waals surface area contributed by atoms with Gasteiger partial charge in [-0.15, -0.1) is 0 Å². The van der Waals surface area contributed by atoms with Crippen molar-refractivity contribution in [2.24, 2.45) is 0 Å². The summed E-state index contributed by atoms with van der Waals surface area (Å²) in [6.45, 7) is 7.58. The molecule has 126 valence electrons. The van der Waals surface area contributed by atoms with Gasteiger partial charge in [0.05, 0.1) is 0 Å². The number of anilines is 2. The Hall–Kier alpha value is -2.70. The van der Waals surface area contributed by atoms with Gasteiger partial charge in [0.1, 0.15) is 23.2 Å².